The van der Waals surface area contributed by atoms with E-state index in [9.17, 15) is 14.4 Å². The average Bonchev–Trinajstić information content (AvgIpc) is 2.87. The summed E-state index contributed by atoms with van der Waals surface area (Å²) in [4.78, 5) is 39.3. The van der Waals surface area contributed by atoms with E-state index >= 15 is 0 Å². The van der Waals surface area contributed by atoms with Gasteiger partial charge >= 0.3 is 6.03 Å². The molecule has 9 heteroatoms. The standard InChI is InChI=1S/C29H27ClN2O6/c1-4-36-22-11-9-21(10-12-22)32-28(34)23(27(33)31-29(32)35)14-20-15-24(30)26(25(16-20)37-5-2)38-17-19-8-6-7-18(3)13-19/h6-16H,4-5,17H2,1-3H3,(H,31,33,35)/b23-14+. The van der Waals surface area contributed by atoms with E-state index in [1.165, 1.54) is 6.08 Å². The summed E-state index contributed by atoms with van der Waals surface area (Å²) < 4.78 is 17.1. The number of halogens is 1. The van der Waals surface area contributed by atoms with E-state index in [2.05, 4.69) is 5.32 Å². The van der Waals surface area contributed by atoms with Gasteiger partial charge in [0, 0.05) is 0 Å². The number of aryl methyl sites for hydroxylation is 1. The van der Waals surface area contributed by atoms with Crippen molar-refractivity contribution in [2.45, 2.75) is 27.4 Å². The number of carbonyl (C=O) groups excluding carboxylic acids is 3. The number of anilines is 1. The Kier molecular flexibility index (Phi) is 8.33. The molecule has 1 saturated heterocycles. The molecule has 0 aromatic heterocycles. The first-order valence-corrected chi connectivity index (χ1v) is 12.5. The predicted molar refractivity (Wildman–Crippen MR) is 145 cm³/mol. The van der Waals surface area contributed by atoms with Gasteiger partial charge in [-0.25, -0.2) is 9.69 Å². The highest BCUT2D eigenvalue weighted by molar-refractivity contribution is 6.39. The molecule has 3 aromatic rings. The molecule has 3 aromatic carbocycles. The normalized spacial score (nSPS) is 14.5. The van der Waals surface area contributed by atoms with Crippen molar-refractivity contribution in [3.05, 3.63) is 87.9 Å². The molecule has 196 valence electrons. The molecule has 0 radical (unpaired) electrons. The maximum absolute atomic E-state index is 13.3. The SMILES string of the molecule is CCOc1ccc(N2C(=O)NC(=O)/C(=C\c3cc(Cl)c(OCc4cccc(C)c4)c(OCC)c3)C2=O)cc1. The number of ether oxygens (including phenoxy) is 3. The maximum atomic E-state index is 13.3. The molecule has 0 spiro atoms. The summed E-state index contributed by atoms with van der Waals surface area (Å²) in [7, 11) is 0. The van der Waals surface area contributed by atoms with Gasteiger partial charge < -0.3 is 14.2 Å². The third kappa shape index (κ3) is 5.98. The Morgan fingerprint density at radius 3 is 2.34 bits per heavy atom. The van der Waals surface area contributed by atoms with E-state index in [4.69, 9.17) is 25.8 Å². The van der Waals surface area contributed by atoms with Gasteiger partial charge in [0.05, 0.1) is 23.9 Å². The summed E-state index contributed by atoms with van der Waals surface area (Å²) in [6, 6.07) is 16.7. The average molecular weight is 535 g/mol. The second kappa shape index (κ2) is 11.8. The van der Waals surface area contributed by atoms with Crippen molar-refractivity contribution in [2.24, 2.45) is 0 Å². The van der Waals surface area contributed by atoms with Crippen molar-refractivity contribution in [3.8, 4) is 17.2 Å². The van der Waals surface area contributed by atoms with Gasteiger partial charge in [0.25, 0.3) is 11.8 Å². The largest absolute Gasteiger partial charge is 0.494 e. The number of barbiturate groups is 1. The number of hydrogen-bond acceptors (Lipinski definition) is 6. The minimum Gasteiger partial charge on any atom is -0.494 e. The lowest BCUT2D eigenvalue weighted by molar-refractivity contribution is -0.122. The van der Waals surface area contributed by atoms with Crippen LogP contribution in [-0.2, 0) is 16.2 Å². The van der Waals surface area contributed by atoms with Crippen LogP contribution < -0.4 is 24.4 Å². The number of amides is 4. The number of nitrogens with zero attached hydrogens (tertiary/aromatic N) is 1. The fraction of sp³-hybridized carbons (Fsp3) is 0.207. The molecule has 4 rings (SSSR count). The topological polar surface area (TPSA) is 94.2 Å². The Bertz CT molecular complexity index is 1400. The lowest BCUT2D eigenvalue weighted by Gasteiger charge is -2.26. The molecule has 4 amide bonds. The summed E-state index contributed by atoms with van der Waals surface area (Å²) in [5, 5.41) is 2.46. The smallest absolute Gasteiger partial charge is 0.335 e. The quantitative estimate of drug-likeness (QED) is 0.280. The zero-order valence-corrected chi connectivity index (χ0v) is 22.0. The van der Waals surface area contributed by atoms with Gasteiger partial charge in [0.15, 0.2) is 11.5 Å². The Labute approximate surface area is 225 Å². The number of imide groups is 2. The molecule has 38 heavy (non-hydrogen) atoms. The molecule has 0 bridgehead atoms. The number of urea groups is 1. The first-order chi connectivity index (χ1) is 18.3. The molecule has 0 aliphatic carbocycles. The van der Waals surface area contributed by atoms with E-state index in [0.717, 1.165) is 16.0 Å². The fourth-order valence-corrected chi connectivity index (χ4v) is 4.22. The third-order valence-electron chi connectivity index (χ3n) is 5.62. The van der Waals surface area contributed by atoms with Crippen LogP contribution in [0.3, 0.4) is 0 Å². The number of nitrogens with one attached hydrogen (secondary N) is 1. The summed E-state index contributed by atoms with van der Waals surface area (Å²) >= 11 is 6.55. The van der Waals surface area contributed by atoms with Crippen LogP contribution in [0, 0.1) is 6.92 Å². The molecule has 1 aliphatic heterocycles. The van der Waals surface area contributed by atoms with Gasteiger partial charge in [-0.3, -0.25) is 14.9 Å². The van der Waals surface area contributed by atoms with Gasteiger partial charge in [-0.15, -0.1) is 0 Å². The molecule has 0 unspecified atom stereocenters. The number of benzene rings is 3. The molecule has 1 fully saturated rings. The maximum Gasteiger partial charge on any atom is 0.335 e. The Morgan fingerprint density at radius 1 is 0.921 bits per heavy atom. The van der Waals surface area contributed by atoms with Crippen LogP contribution in [-0.4, -0.2) is 31.1 Å². The lowest BCUT2D eigenvalue weighted by Crippen LogP contribution is -2.54. The number of hydrogen-bond donors (Lipinski definition) is 1. The highest BCUT2D eigenvalue weighted by Crippen LogP contribution is 2.38. The third-order valence-corrected chi connectivity index (χ3v) is 5.90. The molecule has 0 saturated carbocycles. The van der Waals surface area contributed by atoms with Gasteiger partial charge in [-0.05, 0) is 74.4 Å². The molecule has 1 N–H and O–H groups in total. The van der Waals surface area contributed by atoms with Crippen molar-refractivity contribution in [3.63, 3.8) is 0 Å². The van der Waals surface area contributed by atoms with Crippen molar-refractivity contribution in [1.29, 1.82) is 0 Å². The molecule has 1 heterocycles. The minimum absolute atomic E-state index is 0.231. The van der Waals surface area contributed by atoms with Crippen LogP contribution in [0.5, 0.6) is 17.2 Å². The highest BCUT2D eigenvalue weighted by atomic mass is 35.5. The van der Waals surface area contributed by atoms with Crippen molar-refractivity contribution in [2.75, 3.05) is 18.1 Å². The van der Waals surface area contributed by atoms with Crippen molar-refractivity contribution < 1.29 is 28.6 Å². The van der Waals surface area contributed by atoms with Crippen molar-refractivity contribution >= 4 is 41.2 Å². The van der Waals surface area contributed by atoms with E-state index in [1.54, 1.807) is 36.4 Å². The predicted octanol–water partition coefficient (Wildman–Crippen LogP) is 5.69. The lowest BCUT2D eigenvalue weighted by atomic mass is 10.1. The van der Waals surface area contributed by atoms with Gasteiger partial charge in [-0.2, -0.15) is 0 Å². The molecule has 1 aliphatic rings. The summed E-state index contributed by atoms with van der Waals surface area (Å²) in [5.41, 5.74) is 2.57. The van der Waals surface area contributed by atoms with E-state index in [-0.39, 0.29) is 17.2 Å². The zero-order valence-electron chi connectivity index (χ0n) is 21.2. The van der Waals surface area contributed by atoms with E-state index in [0.29, 0.717) is 41.7 Å². The first-order valence-electron chi connectivity index (χ1n) is 12.1. The Balaban J connectivity index is 1.63. The number of carbonyl (C=O) groups is 3. The van der Waals surface area contributed by atoms with E-state index in [1.807, 2.05) is 45.0 Å². The Hall–Kier alpha value is -4.30. The second-order valence-electron chi connectivity index (χ2n) is 8.43. The monoisotopic (exact) mass is 534 g/mol. The molecule has 8 nitrogen and oxygen atoms in total. The summed E-state index contributed by atoms with van der Waals surface area (Å²) in [5.74, 6) is -0.269. The summed E-state index contributed by atoms with van der Waals surface area (Å²) in [6.07, 6.45) is 1.37. The fourth-order valence-electron chi connectivity index (χ4n) is 3.95. The van der Waals surface area contributed by atoms with Gasteiger partial charge in [0.1, 0.15) is 17.9 Å². The second-order valence-corrected chi connectivity index (χ2v) is 8.83. The van der Waals surface area contributed by atoms with Gasteiger partial charge in [0.2, 0.25) is 0 Å². The number of rotatable bonds is 9. The van der Waals surface area contributed by atoms with Crippen molar-refractivity contribution in [1.82, 2.24) is 5.32 Å². The molecular formula is C29H27ClN2O6. The minimum atomic E-state index is -0.839. The highest BCUT2D eigenvalue weighted by Gasteiger charge is 2.37. The molecular weight excluding hydrogens is 508 g/mol. The van der Waals surface area contributed by atoms with Crippen LogP contribution in [0.1, 0.15) is 30.5 Å². The van der Waals surface area contributed by atoms with Gasteiger partial charge in [-0.1, -0.05) is 41.4 Å². The Morgan fingerprint density at radius 2 is 1.66 bits per heavy atom. The van der Waals surface area contributed by atoms with Crippen LogP contribution in [0.2, 0.25) is 5.02 Å². The van der Waals surface area contributed by atoms with Crippen LogP contribution in [0.15, 0.2) is 66.2 Å². The van der Waals surface area contributed by atoms with Crippen LogP contribution in [0.4, 0.5) is 10.5 Å². The summed E-state index contributed by atoms with van der Waals surface area (Å²) in [6.45, 7) is 6.77. The van der Waals surface area contributed by atoms with Crippen LogP contribution in [0.25, 0.3) is 6.08 Å². The van der Waals surface area contributed by atoms with E-state index < -0.39 is 17.8 Å². The first kappa shape index (κ1) is 26.8. The van der Waals surface area contributed by atoms with Crippen LogP contribution >= 0.6 is 11.6 Å². The zero-order chi connectivity index (χ0) is 27.2. The molecule has 0 atom stereocenters.